The minimum atomic E-state index is -0.433. The SMILES string of the molecule is O=C(c1noc(C2CCCN2)n1)N1CC[C@H](O)C1. The van der Waals surface area contributed by atoms with Gasteiger partial charge in [-0.15, -0.1) is 0 Å². The lowest BCUT2D eigenvalue weighted by Crippen LogP contribution is -2.30. The standard InChI is InChI=1S/C11H16N4O3/c16-7-3-5-15(6-7)11(17)9-13-10(18-14-9)8-2-1-4-12-8/h7-8,12,16H,1-6H2/t7-,8?/m0/s1. The molecule has 2 aliphatic heterocycles. The monoisotopic (exact) mass is 252 g/mol. The number of β-amino-alcohol motifs (C(OH)–C–C–N with tert-alkyl or cyclic N) is 1. The molecule has 3 rings (SSSR count). The van der Waals surface area contributed by atoms with Crippen LogP contribution in [0.5, 0.6) is 0 Å². The molecule has 1 unspecified atom stereocenters. The van der Waals surface area contributed by atoms with Crippen LogP contribution in [0, 0.1) is 0 Å². The van der Waals surface area contributed by atoms with Gasteiger partial charge in [-0.25, -0.2) is 0 Å². The number of aromatic nitrogens is 2. The van der Waals surface area contributed by atoms with Gasteiger partial charge in [0, 0.05) is 13.1 Å². The Labute approximate surface area is 104 Å². The Kier molecular flexibility index (Phi) is 3.00. The average Bonchev–Trinajstić information content (AvgIpc) is 3.09. The van der Waals surface area contributed by atoms with Gasteiger partial charge in [-0.1, -0.05) is 5.16 Å². The fraction of sp³-hybridized carbons (Fsp3) is 0.727. The third-order valence-corrected chi connectivity index (χ3v) is 3.44. The lowest BCUT2D eigenvalue weighted by molar-refractivity contribution is 0.0749. The summed E-state index contributed by atoms with van der Waals surface area (Å²) >= 11 is 0. The second kappa shape index (κ2) is 4.66. The second-order valence-electron chi connectivity index (χ2n) is 4.80. The van der Waals surface area contributed by atoms with Gasteiger partial charge in [0.15, 0.2) is 0 Å². The van der Waals surface area contributed by atoms with Crippen molar-refractivity contribution in [2.75, 3.05) is 19.6 Å². The topological polar surface area (TPSA) is 91.5 Å². The normalized spacial score (nSPS) is 27.9. The van der Waals surface area contributed by atoms with Crippen LogP contribution < -0.4 is 5.32 Å². The van der Waals surface area contributed by atoms with Crippen molar-refractivity contribution in [3.05, 3.63) is 11.7 Å². The van der Waals surface area contributed by atoms with E-state index in [1.54, 1.807) is 4.90 Å². The predicted octanol–water partition coefficient (Wildman–Crippen LogP) is -0.299. The number of hydrogen-bond donors (Lipinski definition) is 2. The quantitative estimate of drug-likeness (QED) is 0.751. The lowest BCUT2D eigenvalue weighted by atomic mass is 10.2. The maximum Gasteiger partial charge on any atom is 0.295 e. The molecule has 2 saturated heterocycles. The molecule has 1 amide bonds. The van der Waals surface area contributed by atoms with E-state index in [0.29, 0.717) is 25.4 Å². The van der Waals surface area contributed by atoms with E-state index in [9.17, 15) is 9.90 Å². The van der Waals surface area contributed by atoms with Gasteiger partial charge in [0.25, 0.3) is 11.7 Å². The minimum absolute atomic E-state index is 0.0724. The summed E-state index contributed by atoms with van der Waals surface area (Å²) in [4.78, 5) is 17.7. The first-order valence-electron chi connectivity index (χ1n) is 6.28. The molecular formula is C11H16N4O3. The van der Waals surface area contributed by atoms with Gasteiger partial charge in [-0.05, 0) is 25.8 Å². The maximum atomic E-state index is 12.0. The van der Waals surface area contributed by atoms with E-state index in [-0.39, 0.29) is 17.8 Å². The molecule has 0 radical (unpaired) electrons. The molecule has 0 saturated carbocycles. The Morgan fingerprint density at radius 2 is 2.39 bits per heavy atom. The number of amides is 1. The van der Waals surface area contributed by atoms with Crippen molar-refractivity contribution in [2.24, 2.45) is 0 Å². The van der Waals surface area contributed by atoms with Crippen molar-refractivity contribution in [2.45, 2.75) is 31.4 Å². The van der Waals surface area contributed by atoms with E-state index in [1.807, 2.05) is 0 Å². The highest BCUT2D eigenvalue weighted by atomic mass is 16.5. The predicted molar refractivity (Wildman–Crippen MR) is 60.8 cm³/mol. The number of hydrogen-bond acceptors (Lipinski definition) is 6. The summed E-state index contributed by atoms with van der Waals surface area (Å²) in [7, 11) is 0. The molecule has 0 bridgehead atoms. The van der Waals surface area contributed by atoms with Crippen LogP contribution in [-0.4, -0.2) is 51.8 Å². The number of aliphatic hydroxyl groups is 1. The van der Waals surface area contributed by atoms with Crippen LogP contribution in [0.25, 0.3) is 0 Å². The Bertz CT molecular complexity index is 441. The van der Waals surface area contributed by atoms with Crippen LogP contribution in [0.15, 0.2) is 4.52 Å². The largest absolute Gasteiger partial charge is 0.391 e. The summed E-state index contributed by atoms with van der Waals surface area (Å²) in [5.74, 6) is 0.308. The molecule has 7 heteroatoms. The number of carbonyl (C=O) groups is 1. The van der Waals surface area contributed by atoms with Crippen molar-refractivity contribution >= 4 is 5.91 Å². The smallest absolute Gasteiger partial charge is 0.295 e. The molecule has 2 N–H and O–H groups in total. The summed E-state index contributed by atoms with van der Waals surface area (Å²) in [6, 6.07) is 0.0724. The summed E-state index contributed by atoms with van der Waals surface area (Å²) < 4.78 is 5.12. The molecule has 2 atom stereocenters. The molecule has 0 spiro atoms. The number of rotatable bonds is 2. The Hall–Kier alpha value is -1.47. The average molecular weight is 252 g/mol. The molecule has 0 aliphatic carbocycles. The zero-order valence-electron chi connectivity index (χ0n) is 10.0. The number of carbonyl (C=O) groups excluding carboxylic acids is 1. The van der Waals surface area contributed by atoms with Gasteiger partial charge in [-0.3, -0.25) is 4.79 Å². The van der Waals surface area contributed by atoms with E-state index >= 15 is 0 Å². The van der Waals surface area contributed by atoms with Gasteiger partial charge in [0.1, 0.15) is 0 Å². The highest BCUT2D eigenvalue weighted by Crippen LogP contribution is 2.21. The van der Waals surface area contributed by atoms with Crippen molar-refractivity contribution in [1.29, 1.82) is 0 Å². The van der Waals surface area contributed by atoms with Crippen LogP contribution in [0.3, 0.4) is 0 Å². The molecule has 98 valence electrons. The molecule has 1 aromatic heterocycles. The molecule has 0 aromatic carbocycles. The van der Waals surface area contributed by atoms with Gasteiger partial charge < -0.3 is 19.8 Å². The Balaban J connectivity index is 1.70. The summed E-state index contributed by atoms with van der Waals surface area (Å²) in [5.41, 5.74) is 0. The second-order valence-corrected chi connectivity index (χ2v) is 4.80. The zero-order valence-corrected chi connectivity index (χ0v) is 10.0. The maximum absolute atomic E-state index is 12.0. The third kappa shape index (κ3) is 2.11. The van der Waals surface area contributed by atoms with E-state index in [4.69, 9.17) is 4.52 Å². The van der Waals surface area contributed by atoms with Crippen LogP contribution >= 0.6 is 0 Å². The van der Waals surface area contributed by atoms with Crippen molar-refractivity contribution < 1.29 is 14.4 Å². The zero-order chi connectivity index (χ0) is 12.5. The van der Waals surface area contributed by atoms with Crippen LogP contribution in [0.1, 0.15) is 41.8 Å². The van der Waals surface area contributed by atoms with E-state index in [1.165, 1.54) is 0 Å². The highest BCUT2D eigenvalue weighted by Gasteiger charge is 2.30. The molecule has 3 heterocycles. The first-order chi connectivity index (χ1) is 8.74. The third-order valence-electron chi connectivity index (χ3n) is 3.44. The number of likely N-dealkylation sites (tertiary alicyclic amines) is 1. The lowest BCUT2D eigenvalue weighted by Gasteiger charge is -2.12. The van der Waals surface area contributed by atoms with Gasteiger partial charge in [0.2, 0.25) is 5.89 Å². The first kappa shape index (κ1) is 11.6. The van der Waals surface area contributed by atoms with Gasteiger partial charge in [0.05, 0.1) is 12.1 Å². The fourth-order valence-corrected chi connectivity index (χ4v) is 2.43. The highest BCUT2D eigenvalue weighted by molar-refractivity contribution is 5.90. The number of nitrogens with zero attached hydrogens (tertiary/aromatic N) is 3. The van der Waals surface area contributed by atoms with Crippen molar-refractivity contribution in [3.63, 3.8) is 0 Å². The minimum Gasteiger partial charge on any atom is -0.391 e. The van der Waals surface area contributed by atoms with Crippen molar-refractivity contribution in [1.82, 2.24) is 20.4 Å². The van der Waals surface area contributed by atoms with Gasteiger partial charge in [-0.2, -0.15) is 4.98 Å². The molecule has 2 fully saturated rings. The van der Waals surface area contributed by atoms with Crippen molar-refractivity contribution in [3.8, 4) is 0 Å². The molecule has 2 aliphatic rings. The van der Waals surface area contributed by atoms with Crippen LogP contribution in [0.2, 0.25) is 0 Å². The summed E-state index contributed by atoms with van der Waals surface area (Å²) in [5, 5.41) is 16.4. The van der Waals surface area contributed by atoms with Gasteiger partial charge >= 0.3 is 0 Å². The molecular weight excluding hydrogens is 236 g/mol. The first-order valence-corrected chi connectivity index (χ1v) is 6.28. The Morgan fingerprint density at radius 3 is 3.06 bits per heavy atom. The van der Waals surface area contributed by atoms with E-state index in [0.717, 1.165) is 19.4 Å². The molecule has 7 nitrogen and oxygen atoms in total. The molecule has 18 heavy (non-hydrogen) atoms. The van der Waals surface area contributed by atoms with Crippen LogP contribution in [-0.2, 0) is 0 Å². The number of aliphatic hydroxyl groups excluding tert-OH is 1. The number of nitrogens with one attached hydrogen (secondary N) is 1. The Morgan fingerprint density at radius 1 is 1.50 bits per heavy atom. The molecule has 1 aromatic rings. The van der Waals surface area contributed by atoms with E-state index < -0.39 is 6.10 Å². The summed E-state index contributed by atoms with van der Waals surface area (Å²) in [6.45, 7) is 1.84. The van der Waals surface area contributed by atoms with E-state index in [2.05, 4.69) is 15.5 Å². The fourth-order valence-electron chi connectivity index (χ4n) is 2.43. The van der Waals surface area contributed by atoms with Crippen LogP contribution in [0.4, 0.5) is 0 Å². The summed E-state index contributed by atoms with van der Waals surface area (Å²) in [6.07, 6.45) is 2.21.